The summed E-state index contributed by atoms with van der Waals surface area (Å²) < 4.78 is 26.6. The number of carbonyl (C=O) groups excluding carboxylic acids is 1. The molecule has 0 aliphatic carbocycles. The number of benzene rings is 1. The average Bonchev–Trinajstić information content (AvgIpc) is 2.48. The number of amides is 1. The van der Waals surface area contributed by atoms with Crippen molar-refractivity contribution in [3.63, 3.8) is 0 Å². The third kappa shape index (κ3) is 3.92. The van der Waals surface area contributed by atoms with Crippen molar-refractivity contribution >= 4 is 21.6 Å². The molecule has 0 aromatic heterocycles. The molecule has 0 bridgehead atoms. The number of sulfonamides is 1. The van der Waals surface area contributed by atoms with Gasteiger partial charge in [0.15, 0.2) is 0 Å². The van der Waals surface area contributed by atoms with Crippen LogP contribution in [0.5, 0.6) is 0 Å². The van der Waals surface area contributed by atoms with Crippen molar-refractivity contribution in [1.29, 1.82) is 0 Å². The van der Waals surface area contributed by atoms with E-state index in [9.17, 15) is 13.2 Å². The zero-order valence-electron chi connectivity index (χ0n) is 12.1. The zero-order valence-corrected chi connectivity index (χ0v) is 12.9. The molecule has 1 heterocycles. The molecule has 1 aromatic rings. The van der Waals surface area contributed by atoms with Crippen LogP contribution in [0.3, 0.4) is 0 Å². The molecule has 1 aliphatic heterocycles. The summed E-state index contributed by atoms with van der Waals surface area (Å²) in [4.78, 5) is 11.7. The van der Waals surface area contributed by atoms with Crippen molar-refractivity contribution in [2.75, 3.05) is 18.4 Å². The summed E-state index contributed by atoms with van der Waals surface area (Å²) >= 11 is 0. The highest BCUT2D eigenvalue weighted by atomic mass is 32.2. The molecular formula is C15H20N2O3S. The lowest BCUT2D eigenvalue weighted by molar-refractivity contribution is -0.111. The summed E-state index contributed by atoms with van der Waals surface area (Å²) in [6.45, 7) is 2.88. The van der Waals surface area contributed by atoms with Crippen LogP contribution in [-0.4, -0.2) is 31.7 Å². The molecule has 1 N–H and O–H groups in total. The minimum Gasteiger partial charge on any atom is -0.322 e. The number of allylic oxidation sites excluding steroid dienone is 1. The highest BCUT2D eigenvalue weighted by Gasteiger charge is 2.25. The number of carbonyl (C=O) groups is 1. The van der Waals surface area contributed by atoms with Gasteiger partial charge in [0.05, 0.1) is 4.90 Å². The Balaban J connectivity index is 2.21. The van der Waals surface area contributed by atoms with Gasteiger partial charge in [-0.25, -0.2) is 8.42 Å². The lowest BCUT2D eigenvalue weighted by atomic mass is 10.2. The SMILES string of the molecule is C/C=C/C(=O)Nc1cccc(S(=O)(=O)N2CCCCC2)c1. The first-order valence-electron chi connectivity index (χ1n) is 7.08. The highest BCUT2D eigenvalue weighted by Crippen LogP contribution is 2.22. The van der Waals surface area contributed by atoms with E-state index in [1.54, 1.807) is 31.2 Å². The Hall–Kier alpha value is -1.66. The zero-order chi connectivity index (χ0) is 15.3. The third-order valence-electron chi connectivity index (χ3n) is 3.37. The van der Waals surface area contributed by atoms with Crippen LogP contribution in [0.1, 0.15) is 26.2 Å². The van der Waals surface area contributed by atoms with E-state index < -0.39 is 10.0 Å². The lowest BCUT2D eigenvalue weighted by Crippen LogP contribution is -2.35. The van der Waals surface area contributed by atoms with Crippen molar-refractivity contribution in [2.45, 2.75) is 31.1 Å². The molecular weight excluding hydrogens is 288 g/mol. The van der Waals surface area contributed by atoms with Gasteiger partial charge in [-0.3, -0.25) is 4.79 Å². The Morgan fingerprint density at radius 2 is 1.95 bits per heavy atom. The minimum atomic E-state index is -3.47. The fraction of sp³-hybridized carbons (Fsp3) is 0.400. The standard InChI is InChI=1S/C15H20N2O3S/c1-2-7-15(18)16-13-8-6-9-14(12-13)21(19,20)17-10-4-3-5-11-17/h2,6-9,12H,3-5,10-11H2,1H3,(H,16,18)/b7-2+. The molecule has 114 valence electrons. The molecule has 0 spiro atoms. The first kappa shape index (κ1) is 15.7. The number of nitrogens with zero attached hydrogens (tertiary/aromatic N) is 1. The molecule has 1 aromatic carbocycles. The van der Waals surface area contributed by atoms with Crippen LogP contribution < -0.4 is 5.32 Å². The molecule has 0 unspecified atom stereocenters. The smallest absolute Gasteiger partial charge is 0.248 e. The van der Waals surface area contributed by atoms with E-state index in [1.165, 1.54) is 16.4 Å². The van der Waals surface area contributed by atoms with E-state index in [2.05, 4.69) is 5.32 Å². The molecule has 0 radical (unpaired) electrons. The van der Waals surface area contributed by atoms with E-state index in [1.807, 2.05) is 0 Å². The van der Waals surface area contributed by atoms with Crippen molar-refractivity contribution in [2.24, 2.45) is 0 Å². The van der Waals surface area contributed by atoms with Gasteiger partial charge in [0.2, 0.25) is 15.9 Å². The summed E-state index contributed by atoms with van der Waals surface area (Å²) in [7, 11) is -3.47. The van der Waals surface area contributed by atoms with Gasteiger partial charge in [0.25, 0.3) is 0 Å². The quantitative estimate of drug-likeness (QED) is 0.868. The fourth-order valence-electron chi connectivity index (χ4n) is 2.32. The summed E-state index contributed by atoms with van der Waals surface area (Å²) in [5.41, 5.74) is 0.483. The maximum atomic E-state index is 12.6. The second kappa shape index (κ2) is 6.87. The van der Waals surface area contributed by atoms with Crippen molar-refractivity contribution in [1.82, 2.24) is 4.31 Å². The summed E-state index contributed by atoms with van der Waals surface area (Å²) in [5.74, 6) is -0.273. The second-order valence-electron chi connectivity index (χ2n) is 4.98. The second-order valence-corrected chi connectivity index (χ2v) is 6.92. The number of rotatable bonds is 4. The van der Waals surface area contributed by atoms with E-state index >= 15 is 0 Å². The van der Waals surface area contributed by atoms with Gasteiger partial charge in [-0.1, -0.05) is 18.6 Å². The number of anilines is 1. The highest BCUT2D eigenvalue weighted by molar-refractivity contribution is 7.89. The molecule has 1 amide bonds. The third-order valence-corrected chi connectivity index (χ3v) is 5.27. The van der Waals surface area contributed by atoms with Crippen LogP contribution in [0, 0.1) is 0 Å². The molecule has 5 nitrogen and oxygen atoms in total. The van der Waals surface area contributed by atoms with Gasteiger partial charge in [-0.05, 0) is 44.0 Å². The molecule has 2 rings (SSSR count). The molecule has 1 aliphatic rings. The Bertz CT molecular complexity index is 632. The Morgan fingerprint density at radius 3 is 2.62 bits per heavy atom. The minimum absolute atomic E-state index is 0.225. The Kier molecular flexibility index (Phi) is 5.14. The van der Waals surface area contributed by atoms with Gasteiger partial charge in [0, 0.05) is 18.8 Å². The van der Waals surface area contributed by atoms with Crippen LogP contribution in [0.25, 0.3) is 0 Å². The van der Waals surface area contributed by atoms with E-state index in [4.69, 9.17) is 0 Å². The number of hydrogen-bond donors (Lipinski definition) is 1. The Morgan fingerprint density at radius 1 is 1.24 bits per heavy atom. The normalized spacial score (nSPS) is 17.0. The average molecular weight is 308 g/mol. The first-order valence-corrected chi connectivity index (χ1v) is 8.52. The van der Waals surface area contributed by atoms with Gasteiger partial charge in [-0.15, -0.1) is 0 Å². The van der Waals surface area contributed by atoms with Crippen LogP contribution in [-0.2, 0) is 14.8 Å². The predicted molar refractivity (Wildman–Crippen MR) is 82.5 cm³/mol. The van der Waals surface area contributed by atoms with Crippen LogP contribution in [0.15, 0.2) is 41.3 Å². The van der Waals surface area contributed by atoms with Crippen LogP contribution in [0.4, 0.5) is 5.69 Å². The topological polar surface area (TPSA) is 66.5 Å². The molecule has 0 atom stereocenters. The first-order chi connectivity index (χ1) is 10.0. The summed E-state index contributed by atoms with van der Waals surface area (Å²) in [6.07, 6.45) is 5.90. The molecule has 6 heteroatoms. The molecule has 1 saturated heterocycles. The van der Waals surface area contributed by atoms with Gasteiger partial charge < -0.3 is 5.32 Å². The monoisotopic (exact) mass is 308 g/mol. The summed E-state index contributed by atoms with van der Waals surface area (Å²) in [6, 6.07) is 6.39. The van der Waals surface area contributed by atoms with Crippen LogP contribution >= 0.6 is 0 Å². The number of hydrogen-bond acceptors (Lipinski definition) is 3. The molecule has 21 heavy (non-hydrogen) atoms. The Labute approximate surface area is 125 Å². The maximum absolute atomic E-state index is 12.6. The van der Waals surface area contributed by atoms with E-state index in [0.29, 0.717) is 18.8 Å². The van der Waals surface area contributed by atoms with Crippen LogP contribution in [0.2, 0.25) is 0 Å². The van der Waals surface area contributed by atoms with Crippen molar-refractivity contribution in [3.8, 4) is 0 Å². The molecule has 0 saturated carbocycles. The fourth-order valence-corrected chi connectivity index (χ4v) is 3.89. The predicted octanol–water partition coefficient (Wildman–Crippen LogP) is 2.38. The van der Waals surface area contributed by atoms with E-state index in [-0.39, 0.29) is 10.8 Å². The maximum Gasteiger partial charge on any atom is 0.248 e. The number of nitrogens with one attached hydrogen (secondary N) is 1. The van der Waals surface area contributed by atoms with Gasteiger partial charge >= 0.3 is 0 Å². The van der Waals surface area contributed by atoms with Crippen molar-refractivity contribution < 1.29 is 13.2 Å². The van der Waals surface area contributed by atoms with E-state index in [0.717, 1.165) is 19.3 Å². The van der Waals surface area contributed by atoms with Crippen molar-refractivity contribution in [3.05, 3.63) is 36.4 Å². The van der Waals surface area contributed by atoms with Gasteiger partial charge in [0.1, 0.15) is 0 Å². The van der Waals surface area contributed by atoms with Gasteiger partial charge in [-0.2, -0.15) is 4.31 Å². The molecule has 1 fully saturated rings. The lowest BCUT2D eigenvalue weighted by Gasteiger charge is -2.26. The number of piperidine rings is 1. The largest absolute Gasteiger partial charge is 0.322 e. The summed E-state index contributed by atoms with van der Waals surface area (Å²) in [5, 5.41) is 2.65.